The maximum Gasteiger partial charge on any atom is 0.308 e. The molecular weight excluding hydrogens is 648 g/mol. The van der Waals surface area contributed by atoms with Gasteiger partial charge in [-0.15, -0.1) is 0 Å². The van der Waals surface area contributed by atoms with Crippen LogP contribution in [0.1, 0.15) is 175 Å². The minimum absolute atomic E-state index is 0.00474. The fourth-order valence-electron chi connectivity index (χ4n) is 5.35. The molecule has 0 aliphatic carbocycles. The first kappa shape index (κ1) is 48.5. The highest BCUT2D eigenvalue weighted by atomic mass is 16.7. The fourth-order valence-corrected chi connectivity index (χ4v) is 5.35. The van der Waals surface area contributed by atoms with Gasteiger partial charge in [-0.05, 0) is 77.0 Å². The molecule has 0 aromatic heterocycles. The van der Waals surface area contributed by atoms with Crippen molar-refractivity contribution < 1.29 is 42.9 Å². The van der Waals surface area contributed by atoms with Gasteiger partial charge >= 0.3 is 17.9 Å². The summed E-state index contributed by atoms with van der Waals surface area (Å²) in [5.74, 6) is -1.51. The summed E-state index contributed by atoms with van der Waals surface area (Å²) in [4.78, 5) is 49.2. The molecule has 0 heterocycles. The lowest BCUT2D eigenvalue weighted by Crippen LogP contribution is -2.23. The molecule has 9 heteroatoms. The molecule has 1 atom stereocenters. The number of Topliss-reactive ketones (excluding diaryl/α,β-unsaturated/α-hetero) is 1. The highest BCUT2D eigenvalue weighted by molar-refractivity contribution is 5.85. The van der Waals surface area contributed by atoms with Crippen molar-refractivity contribution in [1.82, 2.24) is 0 Å². The minimum atomic E-state index is -0.518. The number of allylic oxidation sites excluding steroid dienone is 4. The van der Waals surface area contributed by atoms with Crippen LogP contribution >= 0.6 is 0 Å². The van der Waals surface area contributed by atoms with E-state index in [-0.39, 0.29) is 24.7 Å². The van der Waals surface area contributed by atoms with Gasteiger partial charge in [-0.2, -0.15) is 0 Å². The molecule has 0 fully saturated rings. The third-order valence-electron chi connectivity index (χ3n) is 8.48. The average molecular weight is 723 g/mol. The Kier molecular flexibility index (Phi) is 35.4. The van der Waals surface area contributed by atoms with Crippen molar-refractivity contribution in [2.24, 2.45) is 5.92 Å². The van der Waals surface area contributed by atoms with Crippen molar-refractivity contribution >= 4 is 23.7 Å². The third kappa shape index (κ3) is 33.1. The molecule has 0 aromatic rings. The van der Waals surface area contributed by atoms with Crippen LogP contribution in [0.25, 0.3) is 0 Å². The van der Waals surface area contributed by atoms with E-state index in [1.165, 1.54) is 19.3 Å². The van der Waals surface area contributed by atoms with Crippen LogP contribution in [-0.2, 0) is 42.9 Å². The summed E-state index contributed by atoms with van der Waals surface area (Å²) < 4.78 is 27.6. The number of carbonyl (C=O) groups is 4. The van der Waals surface area contributed by atoms with E-state index >= 15 is 0 Å². The zero-order valence-electron chi connectivity index (χ0n) is 32.9. The second kappa shape index (κ2) is 37.2. The average Bonchev–Trinajstić information content (AvgIpc) is 3.13. The SMILES string of the molecule is CC/C=C\CCCCOC(CCC(=O)OCC(=O)COC(=O)CCCCCCOC(=O)C(CCCC)CCCCCC)OCCCC/C=C\CC. The van der Waals surface area contributed by atoms with Gasteiger partial charge < -0.3 is 23.7 Å². The van der Waals surface area contributed by atoms with Crippen molar-refractivity contribution in [3.63, 3.8) is 0 Å². The Balaban J connectivity index is 4.19. The van der Waals surface area contributed by atoms with Gasteiger partial charge in [0, 0.05) is 26.1 Å². The molecule has 296 valence electrons. The molecule has 0 aliphatic heterocycles. The zero-order chi connectivity index (χ0) is 37.6. The first-order chi connectivity index (χ1) is 24.9. The molecule has 0 amide bonds. The molecule has 0 spiro atoms. The molecule has 0 N–H and O–H groups in total. The highest BCUT2D eigenvalue weighted by Gasteiger charge is 2.19. The molecule has 0 saturated heterocycles. The standard InChI is InChI=1S/C42H74O9/c1-5-9-13-16-19-24-32-47-41(48-33-25-20-17-14-10-6-2)31-30-40(45)51-36-38(43)35-50-39(44)29-23-18-21-26-34-49-42(46)37(27-12-8-4)28-22-15-11-7-3/h9-10,13-14,37,41H,5-8,11-12,15-36H2,1-4H3/b13-9-,14-10-. The maximum atomic E-state index is 12.6. The molecule has 9 nitrogen and oxygen atoms in total. The first-order valence-corrected chi connectivity index (χ1v) is 20.4. The summed E-state index contributed by atoms with van der Waals surface area (Å²) in [7, 11) is 0. The molecule has 0 rings (SSSR count). The van der Waals surface area contributed by atoms with Crippen LogP contribution in [0.4, 0.5) is 0 Å². The summed E-state index contributed by atoms with van der Waals surface area (Å²) in [6.45, 7) is 9.21. The van der Waals surface area contributed by atoms with Crippen LogP contribution in [0.15, 0.2) is 24.3 Å². The van der Waals surface area contributed by atoms with Crippen LogP contribution in [0.5, 0.6) is 0 Å². The summed E-state index contributed by atoms with van der Waals surface area (Å²) in [6.07, 6.45) is 28.4. The van der Waals surface area contributed by atoms with Crippen molar-refractivity contribution in [3.8, 4) is 0 Å². The Bertz CT molecular complexity index is 890. The summed E-state index contributed by atoms with van der Waals surface area (Å²) in [5.41, 5.74) is 0. The van der Waals surface area contributed by atoms with Crippen molar-refractivity contribution in [1.29, 1.82) is 0 Å². The van der Waals surface area contributed by atoms with E-state index < -0.39 is 37.2 Å². The molecule has 0 bridgehead atoms. The van der Waals surface area contributed by atoms with E-state index in [2.05, 4.69) is 52.0 Å². The van der Waals surface area contributed by atoms with Crippen LogP contribution < -0.4 is 0 Å². The van der Waals surface area contributed by atoms with Gasteiger partial charge in [0.15, 0.2) is 19.5 Å². The topological polar surface area (TPSA) is 114 Å². The molecular formula is C42H74O9. The van der Waals surface area contributed by atoms with Gasteiger partial charge in [0.2, 0.25) is 5.78 Å². The van der Waals surface area contributed by atoms with Gasteiger partial charge in [0.05, 0.1) is 18.9 Å². The number of hydrogen-bond donors (Lipinski definition) is 0. The molecule has 0 aliphatic rings. The second-order valence-corrected chi connectivity index (χ2v) is 13.3. The molecule has 51 heavy (non-hydrogen) atoms. The van der Waals surface area contributed by atoms with Gasteiger partial charge in [-0.3, -0.25) is 19.2 Å². The van der Waals surface area contributed by atoms with Crippen LogP contribution in [0, 0.1) is 5.92 Å². The Morgan fingerprint density at radius 3 is 1.61 bits per heavy atom. The lowest BCUT2D eigenvalue weighted by molar-refractivity contribution is -0.161. The summed E-state index contributed by atoms with van der Waals surface area (Å²) >= 11 is 0. The monoisotopic (exact) mass is 723 g/mol. The molecule has 0 radical (unpaired) electrons. The number of ketones is 1. The zero-order valence-corrected chi connectivity index (χ0v) is 32.9. The van der Waals surface area contributed by atoms with Crippen molar-refractivity contribution in [2.75, 3.05) is 33.0 Å². The van der Waals surface area contributed by atoms with E-state index in [9.17, 15) is 19.2 Å². The van der Waals surface area contributed by atoms with E-state index in [0.29, 0.717) is 32.7 Å². The number of esters is 3. The molecule has 0 saturated carbocycles. The van der Waals surface area contributed by atoms with Crippen molar-refractivity contribution in [3.05, 3.63) is 24.3 Å². The largest absolute Gasteiger partial charge is 0.465 e. The van der Waals surface area contributed by atoms with E-state index in [4.69, 9.17) is 23.7 Å². The number of rotatable bonds is 37. The summed E-state index contributed by atoms with van der Waals surface area (Å²) in [6, 6.07) is 0. The van der Waals surface area contributed by atoms with Gasteiger partial charge in [-0.25, -0.2) is 0 Å². The Morgan fingerprint density at radius 2 is 1.02 bits per heavy atom. The predicted molar refractivity (Wildman–Crippen MR) is 204 cm³/mol. The van der Waals surface area contributed by atoms with Crippen molar-refractivity contribution in [2.45, 2.75) is 182 Å². The Morgan fingerprint density at radius 1 is 0.490 bits per heavy atom. The molecule has 1 unspecified atom stereocenters. The maximum absolute atomic E-state index is 12.6. The lowest BCUT2D eigenvalue weighted by atomic mass is 9.95. The Hall–Kier alpha value is -2.52. The predicted octanol–water partition coefficient (Wildman–Crippen LogP) is 10.3. The third-order valence-corrected chi connectivity index (χ3v) is 8.48. The Labute approximate surface area is 311 Å². The fraction of sp³-hybridized carbons (Fsp3) is 0.810. The number of unbranched alkanes of at least 4 members (excludes halogenated alkanes) is 11. The van der Waals surface area contributed by atoms with E-state index in [0.717, 1.165) is 103 Å². The van der Waals surface area contributed by atoms with Gasteiger partial charge in [0.1, 0.15) is 0 Å². The minimum Gasteiger partial charge on any atom is -0.465 e. The van der Waals surface area contributed by atoms with Crippen LogP contribution in [0.2, 0.25) is 0 Å². The highest BCUT2D eigenvalue weighted by Crippen LogP contribution is 2.19. The number of ether oxygens (including phenoxy) is 5. The normalized spacial score (nSPS) is 12.2. The van der Waals surface area contributed by atoms with Gasteiger partial charge in [0.25, 0.3) is 0 Å². The van der Waals surface area contributed by atoms with Crippen LogP contribution in [0.3, 0.4) is 0 Å². The first-order valence-electron chi connectivity index (χ1n) is 20.4. The number of carbonyl (C=O) groups excluding carboxylic acids is 4. The summed E-state index contributed by atoms with van der Waals surface area (Å²) in [5, 5.41) is 0. The second-order valence-electron chi connectivity index (χ2n) is 13.3. The number of hydrogen-bond acceptors (Lipinski definition) is 9. The lowest BCUT2D eigenvalue weighted by Gasteiger charge is -2.18. The quantitative estimate of drug-likeness (QED) is 0.0203. The van der Waals surface area contributed by atoms with Crippen LogP contribution in [-0.4, -0.2) is 63.0 Å². The van der Waals surface area contributed by atoms with Gasteiger partial charge in [-0.1, -0.05) is 103 Å². The van der Waals surface area contributed by atoms with E-state index in [1.807, 2.05) is 0 Å². The smallest absolute Gasteiger partial charge is 0.308 e. The van der Waals surface area contributed by atoms with E-state index in [1.54, 1.807) is 0 Å². The molecule has 0 aromatic carbocycles.